The number of nitrogens with one attached hydrogen (secondary N) is 1. The molecule has 1 aromatic carbocycles. The number of imide groups is 1. The van der Waals surface area contributed by atoms with Gasteiger partial charge in [-0.25, -0.2) is 14.4 Å². The van der Waals surface area contributed by atoms with E-state index in [9.17, 15) is 14.4 Å². The van der Waals surface area contributed by atoms with Crippen molar-refractivity contribution in [2.45, 2.75) is 45.4 Å². The molecular weight excluding hydrogens is 340 g/mol. The lowest BCUT2D eigenvalue weighted by Gasteiger charge is -2.36. The van der Waals surface area contributed by atoms with E-state index in [1.807, 2.05) is 44.2 Å². The Bertz CT molecular complexity index is 689. The van der Waals surface area contributed by atoms with Crippen LogP contribution < -0.4 is 5.32 Å². The lowest BCUT2D eigenvalue weighted by atomic mass is 9.95. The van der Waals surface area contributed by atoms with Gasteiger partial charge in [-0.1, -0.05) is 44.2 Å². The topological polar surface area (TPSA) is 90.9 Å². The van der Waals surface area contributed by atoms with Gasteiger partial charge in [-0.15, -0.1) is 0 Å². The van der Waals surface area contributed by atoms with Crippen molar-refractivity contribution in [3.8, 4) is 0 Å². The summed E-state index contributed by atoms with van der Waals surface area (Å²) in [5.74, 6) is -0.765. The molecule has 0 aliphatic carbocycles. The van der Waals surface area contributed by atoms with Gasteiger partial charge in [0.25, 0.3) is 5.66 Å². The number of hydrogen-bond donors (Lipinski definition) is 1. The summed E-state index contributed by atoms with van der Waals surface area (Å²) in [5.41, 5.74) is -0.496. The van der Waals surface area contributed by atoms with Crippen molar-refractivity contribution in [3.05, 3.63) is 35.9 Å². The fourth-order valence-corrected chi connectivity index (χ4v) is 3.57. The predicted molar refractivity (Wildman–Crippen MR) is 88.5 cm³/mol. The van der Waals surface area contributed by atoms with E-state index in [2.05, 4.69) is 5.32 Å². The summed E-state index contributed by atoms with van der Waals surface area (Å²) in [4.78, 5) is 47.7. The zero-order valence-electron chi connectivity index (χ0n) is 14.9. The Labute approximate surface area is 151 Å². The van der Waals surface area contributed by atoms with Gasteiger partial charge in [-0.2, -0.15) is 4.89 Å². The van der Waals surface area contributed by atoms with E-state index in [0.29, 0.717) is 6.42 Å². The van der Waals surface area contributed by atoms with Gasteiger partial charge in [0.1, 0.15) is 6.61 Å². The molecule has 0 bridgehead atoms. The quantitative estimate of drug-likeness (QED) is 0.490. The summed E-state index contributed by atoms with van der Waals surface area (Å²) < 4.78 is 4.32. The van der Waals surface area contributed by atoms with Crippen molar-refractivity contribution in [2.24, 2.45) is 5.92 Å². The van der Waals surface area contributed by atoms with Crippen molar-refractivity contribution in [3.63, 3.8) is 0 Å². The highest BCUT2D eigenvalue weighted by Gasteiger charge is 2.72. The number of ether oxygens (including phenoxy) is 1. The van der Waals surface area contributed by atoms with Crippen LogP contribution in [0.4, 0.5) is 4.79 Å². The predicted octanol–water partition coefficient (Wildman–Crippen LogP) is 2.20. The van der Waals surface area contributed by atoms with Crippen LogP contribution in [0.2, 0.25) is 0 Å². The monoisotopic (exact) mass is 363 g/mol. The first-order chi connectivity index (χ1) is 12.4. The number of hydroxylamine groups is 3. The lowest BCUT2D eigenvalue weighted by Crippen LogP contribution is -2.72. The first kappa shape index (κ1) is 18.5. The summed E-state index contributed by atoms with van der Waals surface area (Å²) in [5, 5.41) is 2.71. The third-order valence-corrected chi connectivity index (χ3v) is 4.61. The second-order valence-electron chi connectivity index (χ2n) is 7.05. The van der Waals surface area contributed by atoms with Crippen LogP contribution >= 0.6 is 0 Å². The summed E-state index contributed by atoms with van der Waals surface area (Å²) in [6, 6.07) is 9.22. The minimum atomic E-state index is -1.33. The molecule has 1 aromatic rings. The average molecular weight is 363 g/mol. The fourth-order valence-electron chi connectivity index (χ4n) is 3.57. The Hall–Kier alpha value is -2.29. The van der Waals surface area contributed by atoms with Crippen LogP contribution in [-0.2, 0) is 30.8 Å². The zero-order chi connectivity index (χ0) is 18.8. The number of benzene rings is 1. The highest BCUT2D eigenvalue weighted by Crippen LogP contribution is 2.41. The van der Waals surface area contributed by atoms with Gasteiger partial charge >= 0.3 is 17.9 Å². The van der Waals surface area contributed by atoms with Crippen LogP contribution in [0, 0.1) is 5.92 Å². The maximum absolute atomic E-state index is 12.5. The van der Waals surface area contributed by atoms with Gasteiger partial charge in [0.2, 0.25) is 0 Å². The Kier molecular flexibility index (Phi) is 5.08. The van der Waals surface area contributed by atoms with E-state index in [4.69, 9.17) is 14.6 Å². The van der Waals surface area contributed by atoms with Crippen LogP contribution in [0.1, 0.15) is 38.7 Å². The highest BCUT2D eigenvalue weighted by molar-refractivity contribution is 5.92. The second kappa shape index (κ2) is 7.14. The lowest BCUT2D eigenvalue weighted by molar-refractivity contribution is -1.04. The summed E-state index contributed by atoms with van der Waals surface area (Å²) in [6.45, 7) is 3.83. The molecule has 0 saturated carbocycles. The zero-order valence-corrected chi connectivity index (χ0v) is 14.9. The number of nitrogens with zero attached hydrogens (tertiary/aromatic N) is 1. The van der Waals surface area contributed by atoms with Crippen molar-refractivity contribution in [2.75, 3.05) is 6.61 Å². The van der Waals surface area contributed by atoms with Gasteiger partial charge in [0, 0.05) is 11.1 Å². The van der Waals surface area contributed by atoms with Crippen LogP contribution in [0.3, 0.4) is 0 Å². The van der Waals surface area contributed by atoms with Gasteiger partial charge in [-0.05, 0) is 16.5 Å². The maximum Gasteiger partial charge on any atom is 0.412 e. The van der Waals surface area contributed by atoms with Crippen molar-refractivity contribution >= 4 is 17.9 Å². The minimum Gasteiger partial charge on any atom is -0.445 e. The SMILES string of the molecule is CC(C)CC1(NC(=O)OCc2ccccc2)COO[N+]12C(=O)CCC2=O. The van der Waals surface area contributed by atoms with Crippen molar-refractivity contribution in [1.82, 2.24) is 5.32 Å². The molecule has 2 saturated heterocycles. The number of carbonyl (C=O) groups is 3. The first-order valence-corrected chi connectivity index (χ1v) is 8.66. The fraction of sp³-hybridized carbons (Fsp3) is 0.500. The standard InChI is InChI=1S/C18H22N2O6/c1-13(2)10-18(12-25-26-20(18)15(21)8-9-16(20)22)19-17(23)24-11-14-6-4-3-5-7-14/h3-7,13H,8-12H2,1-2H3/p+1. The third-order valence-electron chi connectivity index (χ3n) is 4.61. The number of carbonyl (C=O) groups excluding carboxylic acids is 3. The highest BCUT2D eigenvalue weighted by atomic mass is 17.3. The molecular formula is C18H23N2O6+. The van der Waals surface area contributed by atoms with Crippen molar-refractivity contribution < 1.29 is 33.6 Å². The Balaban J connectivity index is 1.80. The van der Waals surface area contributed by atoms with Gasteiger partial charge in [-0.3, -0.25) is 5.32 Å². The Morgan fingerprint density at radius 2 is 1.88 bits per heavy atom. The Morgan fingerprint density at radius 1 is 1.23 bits per heavy atom. The van der Waals surface area contributed by atoms with Crippen molar-refractivity contribution in [1.29, 1.82) is 0 Å². The van der Waals surface area contributed by atoms with E-state index in [0.717, 1.165) is 5.56 Å². The van der Waals surface area contributed by atoms with E-state index < -0.39 is 28.2 Å². The Morgan fingerprint density at radius 3 is 2.50 bits per heavy atom. The molecule has 1 unspecified atom stereocenters. The van der Waals surface area contributed by atoms with E-state index in [1.54, 1.807) is 0 Å². The largest absolute Gasteiger partial charge is 0.445 e. The van der Waals surface area contributed by atoms with E-state index in [-0.39, 0.29) is 32.0 Å². The number of alkyl carbamates (subject to hydrolysis) is 1. The number of rotatable bonds is 5. The molecule has 3 rings (SSSR count). The summed E-state index contributed by atoms with van der Waals surface area (Å²) >= 11 is 0. The summed E-state index contributed by atoms with van der Waals surface area (Å²) in [7, 11) is 0. The molecule has 3 amide bonds. The molecule has 2 aliphatic heterocycles. The van der Waals surface area contributed by atoms with Gasteiger partial charge < -0.3 is 4.74 Å². The molecule has 140 valence electrons. The van der Waals surface area contributed by atoms with Gasteiger partial charge in [0.15, 0.2) is 6.61 Å². The average Bonchev–Trinajstić information content (AvgIpc) is 3.10. The number of hydrogen-bond acceptors (Lipinski definition) is 6. The molecule has 2 aliphatic rings. The second-order valence-corrected chi connectivity index (χ2v) is 7.05. The van der Waals surface area contributed by atoms with Gasteiger partial charge in [0.05, 0.1) is 12.8 Å². The minimum absolute atomic E-state index is 0.0583. The van der Waals surface area contributed by atoms with E-state index in [1.165, 1.54) is 0 Å². The molecule has 0 aromatic heterocycles. The molecule has 2 heterocycles. The first-order valence-electron chi connectivity index (χ1n) is 8.66. The molecule has 2 fully saturated rings. The molecule has 26 heavy (non-hydrogen) atoms. The summed E-state index contributed by atoms with van der Waals surface area (Å²) in [6.07, 6.45) is -0.287. The third kappa shape index (κ3) is 3.11. The molecule has 8 nitrogen and oxygen atoms in total. The van der Waals surface area contributed by atoms with Crippen LogP contribution in [0.15, 0.2) is 30.3 Å². The molecule has 1 atom stereocenters. The van der Waals surface area contributed by atoms with Crippen LogP contribution in [0.25, 0.3) is 0 Å². The molecule has 8 heteroatoms. The molecule has 0 radical (unpaired) electrons. The molecule has 1 N–H and O–H groups in total. The number of quaternary nitrogens is 1. The van der Waals surface area contributed by atoms with Crippen LogP contribution in [0.5, 0.6) is 0 Å². The smallest absolute Gasteiger partial charge is 0.412 e. The number of amides is 3. The normalized spacial score (nSPS) is 24.4. The molecule has 1 spiro atoms. The van der Waals surface area contributed by atoms with E-state index >= 15 is 0 Å². The van der Waals surface area contributed by atoms with Crippen LogP contribution in [-0.4, -0.2) is 34.8 Å². The maximum atomic E-state index is 12.5.